The number of ether oxygens (including phenoxy) is 1. The van der Waals surface area contributed by atoms with Gasteiger partial charge >= 0.3 is 6.36 Å². The van der Waals surface area contributed by atoms with E-state index in [2.05, 4.69) is 10.1 Å². The predicted octanol–water partition coefficient (Wildman–Crippen LogP) is 4.21. The molecule has 0 aliphatic rings. The number of aryl methyl sites for hydroxylation is 1. The van der Waals surface area contributed by atoms with Gasteiger partial charge in [-0.3, -0.25) is 0 Å². The molecule has 0 aromatic heterocycles. The van der Waals surface area contributed by atoms with Gasteiger partial charge in [-0.2, -0.15) is 0 Å². The molecule has 0 amide bonds. The van der Waals surface area contributed by atoms with E-state index < -0.39 is 6.36 Å². The van der Waals surface area contributed by atoms with Crippen LogP contribution in [0.25, 0.3) is 0 Å². The van der Waals surface area contributed by atoms with Crippen LogP contribution in [0.4, 0.5) is 18.9 Å². The summed E-state index contributed by atoms with van der Waals surface area (Å²) in [5.74, 6) is -0.0900. The van der Waals surface area contributed by atoms with Crippen LogP contribution in [0.3, 0.4) is 0 Å². The van der Waals surface area contributed by atoms with Crippen molar-refractivity contribution in [2.24, 2.45) is 0 Å². The van der Waals surface area contributed by atoms with E-state index >= 15 is 0 Å². The molecule has 2 aromatic carbocycles. The second-order valence-electron chi connectivity index (χ2n) is 4.51. The molecule has 21 heavy (non-hydrogen) atoms. The minimum Gasteiger partial charge on any atom is -0.508 e. The van der Waals surface area contributed by atoms with Crippen molar-refractivity contribution in [1.82, 2.24) is 0 Å². The molecule has 2 rings (SSSR count). The summed E-state index contributed by atoms with van der Waals surface area (Å²) in [6.07, 6.45) is -4.72. The normalized spacial score (nSPS) is 11.2. The number of hydrogen-bond donors (Lipinski definition) is 2. The van der Waals surface area contributed by atoms with Crippen LogP contribution < -0.4 is 10.1 Å². The van der Waals surface area contributed by atoms with Gasteiger partial charge in [0.1, 0.15) is 11.5 Å². The molecule has 2 N–H and O–H groups in total. The number of aromatic hydroxyl groups is 1. The summed E-state index contributed by atoms with van der Waals surface area (Å²) in [4.78, 5) is 0. The smallest absolute Gasteiger partial charge is 0.508 e. The van der Waals surface area contributed by atoms with E-state index in [-0.39, 0.29) is 18.0 Å². The van der Waals surface area contributed by atoms with E-state index in [1.807, 2.05) is 0 Å². The van der Waals surface area contributed by atoms with Gasteiger partial charge in [0.2, 0.25) is 0 Å². The van der Waals surface area contributed by atoms with Crippen molar-refractivity contribution in [3.05, 3.63) is 53.6 Å². The Kier molecular flexibility index (Phi) is 4.26. The van der Waals surface area contributed by atoms with Gasteiger partial charge in [-0.15, -0.1) is 13.2 Å². The quantitative estimate of drug-likeness (QED) is 0.831. The maximum absolute atomic E-state index is 12.3. The average Bonchev–Trinajstić information content (AvgIpc) is 2.37. The van der Waals surface area contributed by atoms with Crippen LogP contribution in [0.1, 0.15) is 11.1 Å². The van der Waals surface area contributed by atoms with Crippen molar-refractivity contribution in [2.45, 2.75) is 19.8 Å². The number of phenolic OH excluding ortho intramolecular Hbond substituents is 1. The van der Waals surface area contributed by atoms with E-state index in [9.17, 15) is 18.3 Å². The molecule has 0 bridgehead atoms. The summed E-state index contributed by atoms with van der Waals surface area (Å²) < 4.78 is 41.0. The number of halogens is 3. The number of nitrogens with one attached hydrogen (secondary N) is 1. The Morgan fingerprint density at radius 2 is 1.86 bits per heavy atom. The topological polar surface area (TPSA) is 41.5 Å². The minimum absolute atomic E-state index is 0.138. The molecular formula is C15H14F3NO2. The molecule has 0 saturated heterocycles. The van der Waals surface area contributed by atoms with E-state index in [0.717, 1.165) is 11.3 Å². The van der Waals surface area contributed by atoms with Gasteiger partial charge in [0.15, 0.2) is 0 Å². The number of para-hydroxylation sites is 1. The zero-order valence-electron chi connectivity index (χ0n) is 11.2. The summed E-state index contributed by atoms with van der Waals surface area (Å²) in [5, 5.41) is 12.3. The number of alkyl halides is 3. The lowest BCUT2D eigenvalue weighted by atomic mass is 10.1. The third-order valence-electron chi connectivity index (χ3n) is 2.88. The molecule has 6 heteroatoms. The molecule has 112 valence electrons. The Labute approximate surface area is 120 Å². The van der Waals surface area contributed by atoms with Gasteiger partial charge in [-0.25, -0.2) is 0 Å². The van der Waals surface area contributed by atoms with Crippen molar-refractivity contribution in [2.75, 3.05) is 5.32 Å². The van der Waals surface area contributed by atoms with E-state index in [0.29, 0.717) is 5.56 Å². The molecule has 0 atom stereocenters. The Balaban J connectivity index is 2.13. The maximum Gasteiger partial charge on any atom is 0.573 e. The lowest BCUT2D eigenvalue weighted by Gasteiger charge is -2.15. The Morgan fingerprint density at radius 1 is 1.14 bits per heavy atom. The predicted molar refractivity (Wildman–Crippen MR) is 73.3 cm³/mol. The van der Waals surface area contributed by atoms with Gasteiger partial charge in [0, 0.05) is 17.8 Å². The van der Waals surface area contributed by atoms with Crippen molar-refractivity contribution in [1.29, 1.82) is 0 Å². The van der Waals surface area contributed by atoms with Gasteiger partial charge < -0.3 is 15.2 Å². The highest BCUT2D eigenvalue weighted by Gasteiger charge is 2.31. The molecule has 2 aromatic rings. The summed E-state index contributed by atoms with van der Waals surface area (Å²) in [7, 11) is 0. The summed E-state index contributed by atoms with van der Waals surface area (Å²) in [5.41, 5.74) is 1.92. The first-order chi connectivity index (χ1) is 9.85. The molecular weight excluding hydrogens is 283 g/mol. The first-order valence-electron chi connectivity index (χ1n) is 6.22. The lowest BCUT2D eigenvalue weighted by Crippen LogP contribution is -2.18. The molecule has 0 aliphatic carbocycles. The third-order valence-corrected chi connectivity index (χ3v) is 2.88. The molecule has 0 fully saturated rings. The second kappa shape index (κ2) is 5.95. The van der Waals surface area contributed by atoms with Crippen LogP contribution >= 0.6 is 0 Å². The van der Waals surface area contributed by atoms with Crippen molar-refractivity contribution >= 4 is 5.69 Å². The fourth-order valence-corrected chi connectivity index (χ4v) is 1.91. The number of phenols is 1. The Morgan fingerprint density at radius 3 is 2.52 bits per heavy atom. The van der Waals surface area contributed by atoms with Gasteiger partial charge in [-0.1, -0.05) is 18.2 Å². The van der Waals surface area contributed by atoms with Crippen molar-refractivity contribution < 1.29 is 23.0 Å². The highest BCUT2D eigenvalue weighted by molar-refractivity contribution is 5.54. The molecule has 3 nitrogen and oxygen atoms in total. The fourth-order valence-electron chi connectivity index (χ4n) is 1.91. The van der Waals surface area contributed by atoms with E-state index in [1.54, 1.807) is 31.2 Å². The first kappa shape index (κ1) is 15.0. The fraction of sp³-hybridized carbons (Fsp3) is 0.200. The van der Waals surface area contributed by atoms with Crippen LogP contribution in [0.5, 0.6) is 11.5 Å². The number of hydrogen-bond acceptors (Lipinski definition) is 3. The van der Waals surface area contributed by atoms with Crippen LogP contribution in [0.15, 0.2) is 42.5 Å². The number of benzene rings is 2. The zero-order chi connectivity index (χ0) is 15.5. The lowest BCUT2D eigenvalue weighted by molar-refractivity contribution is -0.274. The standard InChI is InChI=1S/C15H14F3NO2/c1-10-8-12(20)6-7-13(10)19-9-11-4-2-3-5-14(11)21-15(16,17)18/h2-8,19-20H,9H2,1H3. The van der Waals surface area contributed by atoms with Gasteiger partial charge in [0.05, 0.1) is 0 Å². The monoisotopic (exact) mass is 297 g/mol. The largest absolute Gasteiger partial charge is 0.573 e. The summed E-state index contributed by atoms with van der Waals surface area (Å²) >= 11 is 0. The summed E-state index contributed by atoms with van der Waals surface area (Å²) in [6, 6.07) is 10.7. The molecule has 0 aliphatic heterocycles. The Hall–Kier alpha value is -2.37. The van der Waals surface area contributed by atoms with Crippen molar-refractivity contribution in [3.63, 3.8) is 0 Å². The zero-order valence-corrected chi connectivity index (χ0v) is 11.2. The molecule has 0 saturated carbocycles. The molecule has 0 heterocycles. The summed E-state index contributed by atoms with van der Waals surface area (Å²) in [6.45, 7) is 1.97. The average molecular weight is 297 g/mol. The van der Waals surface area contributed by atoms with Gasteiger partial charge in [0.25, 0.3) is 0 Å². The Bertz CT molecular complexity index is 627. The van der Waals surface area contributed by atoms with Crippen LogP contribution in [0.2, 0.25) is 0 Å². The van der Waals surface area contributed by atoms with E-state index in [1.165, 1.54) is 18.2 Å². The first-order valence-corrected chi connectivity index (χ1v) is 6.22. The molecule has 0 spiro atoms. The third kappa shape index (κ3) is 4.30. The number of anilines is 1. The van der Waals surface area contributed by atoms with Crippen LogP contribution in [-0.4, -0.2) is 11.5 Å². The molecule has 0 unspecified atom stereocenters. The van der Waals surface area contributed by atoms with E-state index in [4.69, 9.17) is 0 Å². The maximum atomic E-state index is 12.3. The highest BCUT2D eigenvalue weighted by Crippen LogP contribution is 2.27. The van der Waals surface area contributed by atoms with Gasteiger partial charge in [-0.05, 0) is 36.8 Å². The molecule has 0 radical (unpaired) electrons. The van der Waals surface area contributed by atoms with Crippen LogP contribution in [-0.2, 0) is 6.54 Å². The minimum atomic E-state index is -4.72. The second-order valence-corrected chi connectivity index (χ2v) is 4.51. The van der Waals surface area contributed by atoms with Crippen LogP contribution in [0, 0.1) is 6.92 Å². The SMILES string of the molecule is Cc1cc(O)ccc1NCc1ccccc1OC(F)(F)F. The number of rotatable bonds is 4. The van der Waals surface area contributed by atoms with Crippen molar-refractivity contribution in [3.8, 4) is 11.5 Å². The highest BCUT2D eigenvalue weighted by atomic mass is 19.4.